The number of carbonyl (C=O) groups excluding carboxylic acids is 1. The van der Waals surface area contributed by atoms with Crippen LogP contribution in [0, 0.1) is 6.92 Å². The lowest BCUT2D eigenvalue weighted by atomic mass is 10.1. The Kier molecular flexibility index (Phi) is 4.75. The summed E-state index contributed by atoms with van der Waals surface area (Å²) >= 11 is 0. The van der Waals surface area contributed by atoms with Gasteiger partial charge in [-0.2, -0.15) is 0 Å². The van der Waals surface area contributed by atoms with Crippen LogP contribution in [0.5, 0.6) is 0 Å². The standard InChI is InChI=1S/C16H22N4O/c1-12-9-17-15(18-12)16(21)20(4)11-14-8-6-5-7-13(14)10-19(2)3/h5-9H,10-11H2,1-4H3,(H,17,18). The van der Waals surface area contributed by atoms with Gasteiger partial charge >= 0.3 is 0 Å². The molecule has 0 radical (unpaired) electrons. The molecule has 2 rings (SSSR count). The normalized spacial score (nSPS) is 10.9. The Morgan fingerprint density at radius 2 is 1.76 bits per heavy atom. The maximum Gasteiger partial charge on any atom is 0.289 e. The molecule has 2 aromatic rings. The second kappa shape index (κ2) is 6.54. The van der Waals surface area contributed by atoms with Gasteiger partial charge in [0.25, 0.3) is 5.91 Å². The monoisotopic (exact) mass is 286 g/mol. The molecule has 0 saturated heterocycles. The van der Waals surface area contributed by atoms with E-state index in [1.807, 2.05) is 33.2 Å². The Labute approximate surface area is 125 Å². The average Bonchev–Trinajstić information content (AvgIpc) is 2.86. The van der Waals surface area contributed by atoms with Crippen molar-refractivity contribution in [2.24, 2.45) is 0 Å². The molecule has 0 aliphatic heterocycles. The molecule has 0 fully saturated rings. The van der Waals surface area contributed by atoms with Gasteiger partial charge in [-0.1, -0.05) is 24.3 Å². The molecule has 1 N–H and O–H groups in total. The van der Waals surface area contributed by atoms with Crippen LogP contribution in [0.15, 0.2) is 30.5 Å². The van der Waals surface area contributed by atoms with Crippen LogP contribution in [0.4, 0.5) is 0 Å². The number of rotatable bonds is 5. The van der Waals surface area contributed by atoms with Gasteiger partial charge in [-0.05, 0) is 32.1 Å². The van der Waals surface area contributed by atoms with Gasteiger partial charge < -0.3 is 14.8 Å². The lowest BCUT2D eigenvalue weighted by molar-refractivity contribution is 0.0773. The number of nitrogens with zero attached hydrogens (tertiary/aromatic N) is 3. The van der Waals surface area contributed by atoms with E-state index in [1.54, 1.807) is 18.1 Å². The van der Waals surface area contributed by atoms with E-state index in [1.165, 1.54) is 5.56 Å². The number of carbonyl (C=O) groups is 1. The van der Waals surface area contributed by atoms with Crippen LogP contribution in [0.3, 0.4) is 0 Å². The molecule has 5 heteroatoms. The lowest BCUT2D eigenvalue weighted by Crippen LogP contribution is -2.28. The highest BCUT2D eigenvalue weighted by Crippen LogP contribution is 2.13. The predicted octanol–water partition coefficient (Wildman–Crippen LogP) is 2.05. The van der Waals surface area contributed by atoms with Crippen molar-refractivity contribution in [1.82, 2.24) is 19.8 Å². The first-order valence-electron chi connectivity index (χ1n) is 6.96. The van der Waals surface area contributed by atoms with Crippen molar-refractivity contribution in [3.8, 4) is 0 Å². The zero-order chi connectivity index (χ0) is 15.4. The molecular weight excluding hydrogens is 264 g/mol. The summed E-state index contributed by atoms with van der Waals surface area (Å²) in [5, 5.41) is 0. The van der Waals surface area contributed by atoms with Crippen molar-refractivity contribution in [3.63, 3.8) is 0 Å². The van der Waals surface area contributed by atoms with Gasteiger partial charge in [-0.15, -0.1) is 0 Å². The number of aromatic nitrogens is 2. The number of aromatic amines is 1. The number of benzene rings is 1. The number of nitrogens with one attached hydrogen (secondary N) is 1. The molecule has 0 spiro atoms. The Bertz CT molecular complexity index is 618. The van der Waals surface area contributed by atoms with E-state index in [0.717, 1.165) is 17.8 Å². The van der Waals surface area contributed by atoms with Crippen LogP contribution in [0.2, 0.25) is 0 Å². The molecular formula is C16H22N4O. The summed E-state index contributed by atoms with van der Waals surface area (Å²) < 4.78 is 0. The van der Waals surface area contributed by atoms with Gasteiger partial charge in [0.1, 0.15) is 0 Å². The van der Waals surface area contributed by atoms with Crippen LogP contribution >= 0.6 is 0 Å². The van der Waals surface area contributed by atoms with E-state index in [-0.39, 0.29) is 5.91 Å². The summed E-state index contributed by atoms with van der Waals surface area (Å²) in [6.07, 6.45) is 1.67. The summed E-state index contributed by atoms with van der Waals surface area (Å²) in [5.74, 6) is 0.294. The minimum absolute atomic E-state index is 0.0947. The smallest absolute Gasteiger partial charge is 0.289 e. The Morgan fingerprint density at radius 1 is 1.14 bits per heavy atom. The van der Waals surface area contributed by atoms with Gasteiger partial charge in [-0.3, -0.25) is 4.79 Å². The van der Waals surface area contributed by atoms with E-state index in [9.17, 15) is 4.79 Å². The zero-order valence-corrected chi connectivity index (χ0v) is 13.1. The highest BCUT2D eigenvalue weighted by molar-refractivity contribution is 5.90. The molecule has 5 nitrogen and oxygen atoms in total. The number of hydrogen-bond acceptors (Lipinski definition) is 3. The van der Waals surface area contributed by atoms with Gasteiger partial charge in [-0.25, -0.2) is 4.98 Å². The highest BCUT2D eigenvalue weighted by Gasteiger charge is 2.16. The lowest BCUT2D eigenvalue weighted by Gasteiger charge is -2.19. The van der Waals surface area contributed by atoms with Crippen LogP contribution in [0.1, 0.15) is 27.4 Å². The van der Waals surface area contributed by atoms with Crippen molar-refractivity contribution in [2.75, 3.05) is 21.1 Å². The highest BCUT2D eigenvalue weighted by atomic mass is 16.2. The van der Waals surface area contributed by atoms with E-state index in [2.05, 4.69) is 27.0 Å². The Morgan fingerprint density at radius 3 is 2.29 bits per heavy atom. The average molecular weight is 286 g/mol. The number of hydrogen-bond donors (Lipinski definition) is 1. The van der Waals surface area contributed by atoms with Crippen molar-refractivity contribution in [2.45, 2.75) is 20.0 Å². The van der Waals surface area contributed by atoms with E-state index in [4.69, 9.17) is 0 Å². The summed E-state index contributed by atoms with van der Waals surface area (Å²) in [6.45, 7) is 3.32. The van der Waals surface area contributed by atoms with E-state index >= 15 is 0 Å². The molecule has 0 bridgehead atoms. The largest absolute Gasteiger partial charge is 0.338 e. The topological polar surface area (TPSA) is 52.2 Å². The maximum atomic E-state index is 12.3. The minimum atomic E-state index is -0.0947. The maximum absolute atomic E-state index is 12.3. The van der Waals surface area contributed by atoms with Crippen LogP contribution in [-0.4, -0.2) is 46.8 Å². The van der Waals surface area contributed by atoms with Gasteiger partial charge in [0.2, 0.25) is 0 Å². The van der Waals surface area contributed by atoms with Crippen molar-refractivity contribution >= 4 is 5.91 Å². The fourth-order valence-corrected chi connectivity index (χ4v) is 2.24. The number of aryl methyl sites for hydroxylation is 1. The summed E-state index contributed by atoms with van der Waals surface area (Å²) in [7, 11) is 5.88. The van der Waals surface area contributed by atoms with Gasteiger partial charge in [0.05, 0.1) is 0 Å². The predicted molar refractivity (Wildman–Crippen MR) is 83.0 cm³/mol. The minimum Gasteiger partial charge on any atom is -0.338 e. The molecule has 112 valence electrons. The Balaban J connectivity index is 2.12. The van der Waals surface area contributed by atoms with Crippen LogP contribution < -0.4 is 0 Å². The molecule has 0 aliphatic rings. The number of H-pyrrole nitrogens is 1. The first-order valence-corrected chi connectivity index (χ1v) is 6.96. The molecule has 0 aliphatic carbocycles. The third kappa shape index (κ3) is 3.92. The zero-order valence-electron chi connectivity index (χ0n) is 13.1. The van der Waals surface area contributed by atoms with E-state index in [0.29, 0.717) is 12.4 Å². The number of amides is 1. The van der Waals surface area contributed by atoms with Crippen molar-refractivity contribution < 1.29 is 4.79 Å². The molecule has 21 heavy (non-hydrogen) atoms. The van der Waals surface area contributed by atoms with Gasteiger partial charge in [0, 0.05) is 32.0 Å². The van der Waals surface area contributed by atoms with Crippen molar-refractivity contribution in [1.29, 1.82) is 0 Å². The third-order valence-corrected chi connectivity index (χ3v) is 3.26. The molecule has 1 amide bonds. The van der Waals surface area contributed by atoms with Crippen LogP contribution in [-0.2, 0) is 13.1 Å². The summed E-state index contributed by atoms with van der Waals surface area (Å²) in [5.41, 5.74) is 3.28. The fraction of sp³-hybridized carbons (Fsp3) is 0.375. The quantitative estimate of drug-likeness (QED) is 0.915. The van der Waals surface area contributed by atoms with E-state index < -0.39 is 0 Å². The molecule has 0 saturated carbocycles. The summed E-state index contributed by atoms with van der Waals surface area (Å²) in [6, 6.07) is 8.20. The Hall–Kier alpha value is -2.14. The first-order chi connectivity index (χ1) is 9.97. The van der Waals surface area contributed by atoms with Gasteiger partial charge in [0.15, 0.2) is 5.82 Å². The molecule has 0 atom stereocenters. The van der Waals surface area contributed by atoms with Crippen LogP contribution in [0.25, 0.3) is 0 Å². The second-order valence-electron chi connectivity index (χ2n) is 5.58. The molecule has 1 aromatic heterocycles. The SMILES string of the molecule is Cc1cnc(C(=O)N(C)Cc2ccccc2CN(C)C)[nH]1. The third-order valence-electron chi connectivity index (χ3n) is 3.26. The second-order valence-corrected chi connectivity index (χ2v) is 5.58. The van der Waals surface area contributed by atoms with Crippen molar-refractivity contribution in [3.05, 3.63) is 53.1 Å². The first kappa shape index (κ1) is 15.3. The molecule has 0 unspecified atom stereocenters. The number of imidazole rings is 1. The molecule has 1 heterocycles. The summed E-state index contributed by atoms with van der Waals surface area (Å²) in [4.78, 5) is 23.2. The molecule has 1 aromatic carbocycles. The fourth-order valence-electron chi connectivity index (χ4n) is 2.24.